The second kappa shape index (κ2) is 7.38. The number of benzene rings is 1. The first-order valence-electron chi connectivity index (χ1n) is 9.36. The number of nitrogens with zero attached hydrogens (tertiary/aromatic N) is 4. The molecule has 0 atom stereocenters. The third kappa shape index (κ3) is 3.22. The van der Waals surface area contributed by atoms with Crippen LogP contribution < -0.4 is 5.32 Å². The Morgan fingerprint density at radius 2 is 1.86 bits per heavy atom. The van der Waals surface area contributed by atoms with Crippen molar-refractivity contribution >= 4 is 34.9 Å². The lowest BCUT2D eigenvalue weighted by Gasteiger charge is -2.15. The molecule has 8 heteroatoms. The highest BCUT2D eigenvalue weighted by atomic mass is 16.4. The Kier molecular flexibility index (Phi) is 4.75. The van der Waals surface area contributed by atoms with Crippen LogP contribution in [-0.2, 0) is 7.05 Å². The highest BCUT2D eigenvalue weighted by molar-refractivity contribution is 6.07. The van der Waals surface area contributed by atoms with Gasteiger partial charge in [0.05, 0.1) is 11.1 Å². The lowest BCUT2D eigenvalue weighted by atomic mass is 10.0. The summed E-state index contributed by atoms with van der Waals surface area (Å²) in [6, 6.07) is 7.33. The highest BCUT2D eigenvalue weighted by Crippen LogP contribution is 2.37. The first kappa shape index (κ1) is 18.7. The van der Waals surface area contributed by atoms with Crippen molar-refractivity contribution in [2.75, 3.05) is 18.4 Å². The molecule has 1 aromatic carbocycles. The molecular weight excluding hydrogens is 370 g/mol. The highest BCUT2D eigenvalue weighted by Gasteiger charge is 2.22. The molecule has 1 fully saturated rings. The van der Waals surface area contributed by atoms with Gasteiger partial charge in [-0.1, -0.05) is 18.7 Å². The van der Waals surface area contributed by atoms with Crippen molar-refractivity contribution in [3.05, 3.63) is 48.4 Å². The number of hydrogen-bond acceptors (Lipinski definition) is 4. The summed E-state index contributed by atoms with van der Waals surface area (Å²) in [7, 11) is 1.84. The maximum Gasteiger partial charge on any atom is 0.410 e. The van der Waals surface area contributed by atoms with Gasteiger partial charge in [0.1, 0.15) is 17.8 Å². The summed E-state index contributed by atoms with van der Waals surface area (Å²) in [4.78, 5) is 34.1. The van der Waals surface area contributed by atoms with E-state index in [0.29, 0.717) is 16.6 Å². The third-order valence-corrected chi connectivity index (χ3v) is 5.24. The van der Waals surface area contributed by atoms with Crippen molar-refractivity contribution in [1.82, 2.24) is 19.4 Å². The molecule has 1 saturated heterocycles. The quantitative estimate of drug-likeness (QED) is 0.708. The van der Waals surface area contributed by atoms with Crippen molar-refractivity contribution in [2.24, 2.45) is 7.05 Å². The molecule has 1 aliphatic heterocycles. The molecule has 0 saturated carbocycles. The minimum atomic E-state index is -1.20. The van der Waals surface area contributed by atoms with Gasteiger partial charge in [-0.3, -0.25) is 10.1 Å². The molecule has 4 rings (SSSR count). The van der Waals surface area contributed by atoms with Gasteiger partial charge in [-0.25, -0.2) is 14.8 Å². The zero-order valence-electron chi connectivity index (χ0n) is 16.1. The van der Waals surface area contributed by atoms with Crippen LogP contribution in [0.5, 0.6) is 0 Å². The normalized spacial score (nSPS) is 13.6. The molecule has 2 amide bonds. The van der Waals surface area contributed by atoms with Crippen LogP contribution in [0.3, 0.4) is 0 Å². The molecule has 148 valence electrons. The number of aryl methyl sites for hydroxylation is 1. The van der Waals surface area contributed by atoms with Gasteiger partial charge in [0, 0.05) is 31.3 Å². The van der Waals surface area contributed by atoms with Crippen LogP contribution >= 0.6 is 0 Å². The number of carbonyl (C=O) groups is 2. The Labute approximate surface area is 167 Å². The van der Waals surface area contributed by atoms with Crippen LogP contribution in [0.4, 0.5) is 10.6 Å². The molecular formula is C21H21N5O3. The monoisotopic (exact) mass is 391 g/mol. The van der Waals surface area contributed by atoms with Crippen molar-refractivity contribution in [3.63, 3.8) is 0 Å². The summed E-state index contributed by atoms with van der Waals surface area (Å²) in [5.74, 6) is 0.242. The lowest BCUT2D eigenvalue weighted by molar-refractivity contribution is 0.0793. The largest absolute Gasteiger partial charge is 0.465 e. The molecule has 0 bridgehead atoms. The van der Waals surface area contributed by atoms with E-state index in [1.54, 1.807) is 18.2 Å². The van der Waals surface area contributed by atoms with E-state index in [2.05, 4.69) is 21.9 Å². The van der Waals surface area contributed by atoms with E-state index in [1.807, 2.05) is 28.6 Å². The van der Waals surface area contributed by atoms with Crippen LogP contribution in [0.1, 0.15) is 28.9 Å². The molecule has 3 heterocycles. The summed E-state index contributed by atoms with van der Waals surface area (Å²) in [5, 5.41) is 12.1. The fourth-order valence-corrected chi connectivity index (χ4v) is 3.88. The summed E-state index contributed by atoms with van der Waals surface area (Å²) < 4.78 is 1.84. The van der Waals surface area contributed by atoms with Gasteiger partial charge in [-0.05, 0) is 36.6 Å². The average Bonchev–Trinajstić information content (AvgIpc) is 3.34. The minimum absolute atomic E-state index is 0.0347. The molecule has 8 nitrogen and oxygen atoms in total. The van der Waals surface area contributed by atoms with E-state index in [1.165, 1.54) is 6.33 Å². The Bertz CT molecular complexity index is 1110. The van der Waals surface area contributed by atoms with Gasteiger partial charge in [0.25, 0.3) is 5.91 Å². The van der Waals surface area contributed by atoms with Gasteiger partial charge in [0.2, 0.25) is 0 Å². The fourth-order valence-electron chi connectivity index (χ4n) is 3.88. The minimum Gasteiger partial charge on any atom is -0.465 e. The smallest absolute Gasteiger partial charge is 0.410 e. The van der Waals surface area contributed by atoms with Crippen LogP contribution in [0.2, 0.25) is 0 Å². The van der Waals surface area contributed by atoms with Gasteiger partial charge in [-0.2, -0.15) is 0 Å². The number of hydrogen-bond donors (Lipinski definition) is 2. The maximum atomic E-state index is 12.6. The molecule has 2 N–H and O–H groups in total. The SMILES string of the molecule is C=Cc1c(-c2ccc(C(=O)N3CCCC3)cc2)c2c(NC(=O)O)ncnc2n1C. The van der Waals surface area contributed by atoms with Crippen LogP contribution in [0.15, 0.2) is 37.2 Å². The number of amides is 2. The van der Waals surface area contributed by atoms with Gasteiger partial charge in [0.15, 0.2) is 0 Å². The second-order valence-electron chi connectivity index (χ2n) is 6.95. The number of nitrogens with one attached hydrogen (secondary N) is 1. The molecule has 0 radical (unpaired) electrons. The Hall–Kier alpha value is -3.68. The number of fused-ring (bicyclic) bond motifs is 1. The van der Waals surface area contributed by atoms with Crippen molar-refractivity contribution in [3.8, 4) is 11.1 Å². The molecule has 3 aromatic rings. The second-order valence-corrected chi connectivity index (χ2v) is 6.95. The Morgan fingerprint density at radius 1 is 1.17 bits per heavy atom. The predicted molar refractivity (Wildman–Crippen MR) is 111 cm³/mol. The van der Waals surface area contributed by atoms with E-state index in [9.17, 15) is 14.7 Å². The lowest BCUT2D eigenvalue weighted by Crippen LogP contribution is -2.27. The summed E-state index contributed by atoms with van der Waals surface area (Å²) in [5.41, 5.74) is 3.60. The zero-order chi connectivity index (χ0) is 20.5. The first-order chi connectivity index (χ1) is 14.0. The topological polar surface area (TPSA) is 100 Å². The molecule has 29 heavy (non-hydrogen) atoms. The Morgan fingerprint density at radius 3 is 2.48 bits per heavy atom. The average molecular weight is 391 g/mol. The Balaban J connectivity index is 1.83. The number of carboxylic acid groups (broad SMARTS) is 1. The molecule has 0 aliphatic carbocycles. The predicted octanol–water partition coefficient (Wildman–Crippen LogP) is 3.60. The van der Waals surface area contributed by atoms with Crippen LogP contribution in [0.25, 0.3) is 28.2 Å². The first-order valence-corrected chi connectivity index (χ1v) is 9.36. The van der Waals surface area contributed by atoms with Gasteiger partial charge >= 0.3 is 6.09 Å². The van der Waals surface area contributed by atoms with E-state index in [-0.39, 0.29) is 11.7 Å². The number of aromatic nitrogens is 3. The molecule has 1 aliphatic rings. The van der Waals surface area contributed by atoms with Crippen molar-refractivity contribution in [1.29, 1.82) is 0 Å². The standard InChI is InChI=1S/C21H21N5O3/c1-3-15-16(17-18(24-21(28)29)22-12-23-19(17)25(15)2)13-6-8-14(9-7-13)20(27)26-10-4-5-11-26/h3,6-9,12H,1,4-5,10-11H2,2H3,(H,28,29)(H,22,23,24). The van der Waals surface area contributed by atoms with Gasteiger partial charge in [-0.15, -0.1) is 0 Å². The fraction of sp³-hybridized carbons (Fsp3) is 0.238. The number of likely N-dealkylation sites (tertiary alicyclic amines) is 1. The summed E-state index contributed by atoms with van der Waals surface area (Å²) in [6.07, 6.45) is 3.91. The van der Waals surface area contributed by atoms with Crippen LogP contribution in [0, 0.1) is 0 Å². The maximum absolute atomic E-state index is 12.6. The molecule has 2 aromatic heterocycles. The third-order valence-electron chi connectivity index (χ3n) is 5.24. The summed E-state index contributed by atoms with van der Waals surface area (Å²) in [6.45, 7) is 5.49. The molecule has 0 spiro atoms. The summed E-state index contributed by atoms with van der Waals surface area (Å²) >= 11 is 0. The number of rotatable bonds is 4. The van der Waals surface area contributed by atoms with Crippen molar-refractivity contribution in [2.45, 2.75) is 12.8 Å². The van der Waals surface area contributed by atoms with E-state index < -0.39 is 6.09 Å². The molecule has 0 unspecified atom stereocenters. The van der Waals surface area contributed by atoms with E-state index in [4.69, 9.17) is 0 Å². The van der Waals surface area contributed by atoms with Crippen LogP contribution in [-0.4, -0.2) is 49.6 Å². The zero-order valence-corrected chi connectivity index (χ0v) is 16.1. The van der Waals surface area contributed by atoms with Crippen molar-refractivity contribution < 1.29 is 14.7 Å². The van der Waals surface area contributed by atoms with E-state index in [0.717, 1.165) is 42.8 Å². The number of carbonyl (C=O) groups excluding carboxylic acids is 1. The van der Waals surface area contributed by atoms with Gasteiger partial charge < -0.3 is 14.6 Å². The number of anilines is 1. The van der Waals surface area contributed by atoms with E-state index >= 15 is 0 Å².